The van der Waals surface area contributed by atoms with E-state index in [4.69, 9.17) is 23.8 Å². The molecule has 0 radical (unpaired) electrons. The lowest BCUT2D eigenvalue weighted by atomic mass is 9.98. The molecular formula is C43H25N3O2. The molecule has 224 valence electrons. The van der Waals surface area contributed by atoms with E-state index in [2.05, 4.69) is 84.9 Å². The van der Waals surface area contributed by atoms with Crippen LogP contribution in [0.15, 0.2) is 160 Å². The molecule has 0 aliphatic heterocycles. The standard InChI is InChI=1S/C43H25N3O2/c1-2-12-27(13-3-1)34-24-30(25-35-31-15-6-8-18-36(31)48-40(34)35)42-44-41(29-22-21-26-11-4-5-14-28(26)23-29)45-43(46-42)33-17-10-20-38-39(33)32-16-7-9-19-37(32)47-38/h1-25H. The van der Waals surface area contributed by atoms with Crippen LogP contribution in [0.3, 0.4) is 0 Å². The molecule has 0 saturated heterocycles. The second-order valence-electron chi connectivity index (χ2n) is 12.0. The van der Waals surface area contributed by atoms with Crippen LogP contribution in [0.4, 0.5) is 0 Å². The lowest BCUT2D eigenvalue weighted by Gasteiger charge is -2.11. The SMILES string of the molecule is c1ccc(-c2cc(-c3nc(-c4ccc5ccccc5c4)nc(-c4cccc5oc6ccccc6c45)n3)cc3c2oc2ccccc23)cc1. The van der Waals surface area contributed by atoms with E-state index in [-0.39, 0.29) is 0 Å². The second kappa shape index (κ2) is 10.5. The van der Waals surface area contributed by atoms with Gasteiger partial charge in [0, 0.05) is 43.8 Å². The summed E-state index contributed by atoms with van der Waals surface area (Å²) < 4.78 is 12.7. The molecule has 0 spiro atoms. The van der Waals surface area contributed by atoms with E-state index < -0.39 is 0 Å². The van der Waals surface area contributed by atoms with Crippen molar-refractivity contribution in [2.75, 3.05) is 0 Å². The third-order valence-electron chi connectivity index (χ3n) is 9.11. The number of furan rings is 2. The maximum atomic E-state index is 6.47. The van der Waals surface area contributed by atoms with Crippen LogP contribution in [0.1, 0.15) is 0 Å². The molecule has 48 heavy (non-hydrogen) atoms. The van der Waals surface area contributed by atoms with Gasteiger partial charge in [-0.2, -0.15) is 0 Å². The number of benzene rings is 7. The monoisotopic (exact) mass is 615 g/mol. The van der Waals surface area contributed by atoms with E-state index in [0.29, 0.717) is 17.5 Å². The molecule has 0 atom stereocenters. The molecule has 7 aromatic carbocycles. The number of para-hydroxylation sites is 2. The Balaban J connectivity index is 1.28. The Hall–Kier alpha value is -6.59. The maximum absolute atomic E-state index is 6.47. The molecule has 0 amide bonds. The molecule has 0 fully saturated rings. The van der Waals surface area contributed by atoms with Crippen LogP contribution >= 0.6 is 0 Å². The van der Waals surface area contributed by atoms with Crippen LogP contribution in [-0.2, 0) is 0 Å². The van der Waals surface area contributed by atoms with E-state index in [1.54, 1.807) is 0 Å². The van der Waals surface area contributed by atoms with Crippen molar-refractivity contribution < 1.29 is 8.83 Å². The maximum Gasteiger partial charge on any atom is 0.164 e. The van der Waals surface area contributed by atoms with Crippen LogP contribution < -0.4 is 0 Å². The molecule has 0 aliphatic rings. The number of hydrogen-bond acceptors (Lipinski definition) is 5. The van der Waals surface area contributed by atoms with Gasteiger partial charge in [-0.05, 0) is 52.7 Å². The van der Waals surface area contributed by atoms with E-state index in [0.717, 1.165) is 82.5 Å². The summed E-state index contributed by atoms with van der Waals surface area (Å²) in [7, 11) is 0. The van der Waals surface area contributed by atoms with Crippen molar-refractivity contribution in [1.82, 2.24) is 15.0 Å². The molecule has 0 aliphatic carbocycles. The first-order valence-electron chi connectivity index (χ1n) is 15.9. The Morgan fingerprint density at radius 2 is 1.02 bits per heavy atom. The predicted molar refractivity (Wildman–Crippen MR) is 194 cm³/mol. The quantitative estimate of drug-likeness (QED) is 0.197. The molecule has 5 heteroatoms. The predicted octanol–water partition coefficient (Wildman–Crippen LogP) is 11.5. The Labute approximate surface area is 274 Å². The third kappa shape index (κ3) is 4.22. The van der Waals surface area contributed by atoms with Crippen LogP contribution in [-0.4, -0.2) is 15.0 Å². The van der Waals surface area contributed by atoms with Crippen LogP contribution in [0.2, 0.25) is 0 Å². The number of fused-ring (bicyclic) bond motifs is 7. The number of aromatic nitrogens is 3. The topological polar surface area (TPSA) is 65.0 Å². The van der Waals surface area contributed by atoms with E-state index >= 15 is 0 Å². The number of rotatable bonds is 4. The molecule has 0 unspecified atom stereocenters. The summed E-state index contributed by atoms with van der Waals surface area (Å²) in [5.41, 5.74) is 8.02. The zero-order valence-electron chi connectivity index (χ0n) is 25.6. The first-order chi connectivity index (χ1) is 23.8. The first-order valence-corrected chi connectivity index (χ1v) is 15.9. The van der Waals surface area contributed by atoms with Crippen molar-refractivity contribution in [3.8, 4) is 45.3 Å². The molecular weight excluding hydrogens is 590 g/mol. The fraction of sp³-hybridized carbons (Fsp3) is 0. The van der Waals surface area contributed by atoms with Gasteiger partial charge in [-0.15, -0.1) is 0 Å². The molecule has 10 aromatic rings. The summed E-state index contributed by atoms with van der Waals surface area (Å²) in [5.74, 6) is 1.76. The van der Waals surface area contributed by atoms with E-state index in [9.17, 15) is 0 Å². The molecule has 5 nitrogen and oxygen atoms in total. The summed E-state index contributed by atoms with van der Waals surface area (Å²) in [5, 5.41) is 6.35. The average molecular weight is 616 g/mol. The summed E-state index contributed by atoms with van der Waals surface area (Å²) in [4.78, 5) is 15.5. The fourth-order valence-electron chi connectivity index (χ4n) is 6.83. The van der Waals surface area contributed by atoms with Crippen molar-refractivity contribution in [2.24, 2.45) is 0 Å². The van der Waals surface area contributed by atoms with Gasteiger partial charge in [0.15, 0.2) is 17.5 Å². The number of nitrogens with zero attached hydrogens (tertiary/aromatic N) is 3. The van der Waals surface area contributed by atoms with Gasteiger partial charge in [-0.25, -0.2) is 15.0 Å². The van der Waals surface area contributed by atoms with Gasteiger partial charge in [0.05, 0.1) is 0 Å². The molecule has 10 rings (SSSR count). The molecule has 0 saturated carbocycles. The number of hydrogen-bond donors (Lipinski definition) is 0. The van der Waals surface area contributed by atoms with E-state index in [1.165, 1.54) is 0 Å². The van der Waals surface area contributed by atoms with Gasteiger partial charge in [0.1, 0.15) is 22.3 Å². The minimum atomic E-state index is 0.581. The largest absolute Gasteiger partial charge is 0.456 e. The normalized spacial score (nSPS) is 11.8. The van der Waals surface area contributed by atoms with E-state index in [1.807, 2.05) is 66.7 Å². The van der Waals surface area contributed by atoms with Crippen LogP contribution in [0.5, 0.6) is 0 Å². The second-order valence-corrected chi connectivity index (χ2v) is 12.0. The lowest BCUT2D eigenvalue weighted by molar-refractivity contribution is 0.669. The minimum Gasteiger partial charge on any atom is -0.456 e. The van der Waals surface area contributed by atoms with Crippen molar-refractivity contribution in [2.45, 2.75) is 0 Å². The molecule has 0 N–H and O–H groups in total. The van der Waals surface area contributed by atoms with Crippen molar-refractivity contribution in [3.05, 3.63) is 152 Å². The smallest absolute Gasteiger partial charge is 0.164 e. The highest BCUT2D eigenvalue weighted by Gasteiger charge is 2.20. The molecule has 0 bridgehead atoms. The third-order valence-corrected chi connectivity index (χ3v) is 9.11. The zero-order valence-corrected chi connectivity index (χ0v) is 25.6. The van der Waals surface area contributed by atoms with Crippen LogP contribution in [0.25, 0.3) is 99.9 Å². The Kier molecular flexibility index (Phi) is 5.81. The highest BCUT2D eigenvalue weighted by atomic mass is 16.3. The van der Waals surface area contributed by atoms with Crippen molar-refractivity contribution >= 4 is 54.6 Å². The van der Waals surface area contributed by atoms with Gasteiger partial charge in [0.2, 0.25) is 0 Å². The van der Waals surface area contributed by atoms with Gasteiger partial charge in [-0.3, -0.25) is 0 Å². The van der Waals surface area contributed by atoms with Crippen molar-refractivity contribution in [3.63, 3.8) is 0 Å². The fourth-order valence-corrected chi connectivity index (χ4v) is 6.83. The highest BCUT2D eigenvalue weighted by Crippen LogP contribution is 2.40. The lowest BCUT2D eigenvalue weighted by Crippen LogP contribution is -2.01. The van der Waals surface area contributed by atoms with Crippen molar-refractivity contribution in [1.29, 1.82) is 0 Å². The zero-order chi connectivity index (χ0) is 31.6. The molecule has 3 aromatic heterocycles. The molecule has 3 heterocycles. The van der Waals surface area contributed by atoms with Gasteiger partial charge >= 0.3 is 0 Å². The minimum absolute atomic E-state index is 0.581. The van der Waals surface area contributed by atoms with Gasteiger partial charge < -0.3 is 8.83 Å². The summed E-state index contributed by atoms with van der Waals surface area (Å²) in [6.45, 7) is 0. The van der Waals surface area contributed by atoms with Crippen LogP contribution in [0, 0.1) is 0 Å². The highest BCUT2D eigenvalue weighted by molar-refractivity contribution is 6.13. The Morgan fingerprint density at radius 3 is 1.88 bits per heavy atom. The summed E-state index contributed by atoms with van der Waals surface area (Å²) >= 11 is 0. The Bertz CT molecular complexity index is 2850. The van der Waals surface area contributed by atoms with Gasteiger partial charge in [0.25, 0.3) is 0 Å². The first kappa shape index (κ1) is 26.6. The Morgan fingerprint density at radius 1 is 0.354 bits per heavy atom. The summed E-state index contributed by atoms with van der Waals surface area (Å²) in [6.07, 6.45) is 0. The van der Waals surface area contributed by atoms with Gasteiger partial charge in [-0.1, -0.05) is 115 Å². The average Bonchev–Trinajstić information content (AvgIpc) is 3.73. The summed E-state index contributed by atoms with van der Waals surface area (Å²) in [6, 6.07) is 51.6.